The highest BCUT2D eigenvalue weighted by Crippen LogP contribution is 2.36. The Hall–Kier alpha value is -1.61. The monoisotopic (exact) mass is 332 g/mol. The Morgan fingerprint density at radius 3 is 2.50 bits per heavy atom. The first-order valence-corrected chi connectivity index (χ1v) is 7.29. The van der Waals surface area contributed by atoms with E-state index in [1.165, 1.54) is 0 Å². The summed E-state index contributed by atoms with van der Waals surface area (Å²) < 4.78 is 6.44. The zero-order valence-corrected chi connectivity index (χ0v) is 13.2. The van der Waals surface area contributed by atoms with Gasteiger partial charge in [-0.15, -0.1) is 0 Å². The topological polar surface area (TPSA) is 26.3 Å². The van der Waals surface area contributed by atoms with E-state index in [0.29, 0.717) is 6.42 Å². The summed E-state index contributed by atoms with van der Waals surface area (Å²) in [5, 5.41) is 0. The van der Waals surface area contributed by atoms with Gasteiger partial charge < -0.3 is 4.74 Å². The molecular formula is C17H17BrO2. The van der Waals surface area contributed by atoms with Gasteiger partial charge in [-0.05, 0) is 30.7 Å². The van der Waals surface area contributed by atoms with Crippen LogP contribution in [0.2, 0.25) is 0 Å². The molecule has 0 aliphatic heterocycles. The number of rotatable bonds is 5. The summed E-state index contributed by atoms with van der Waals surface area (Å²) in [7, 11) is 1.66. The van der Waals surface area contributed by atoms with Gasteiger partial charge in [0.05, 0.1) is 7.11 Å². The lowest BCUT2D eigenvalue weighted by Gasteiger charge is -2.20. The maximum absolute atomic E-state index is 11.6. The number of benzene rings is 2. The number of hydrogen-bond donors (Lipinski definition) is 0. The van der Waals surface area contributed by atoms with Crippen LogP contribution in [0.1, 0.15) is 30.4 Å². The minimum atomic E-state index is 0.0150. The van der Waals surface area contributed by atoms with Crippen molar-refractivity contribution in [1.29, 1.82) is 0 Å². The Bertz CT molecular complexity index is 593. The van der Waals surface area contributed by atoms with Gasteiger partial charge in [-0.2, -0.15) is 0 Å². The van der Waals surface area contributed by atoms with Gasteiger partial charge in [-0.25, -0.2) is 0 Å². The summed E-state index contributed by atoms with van der Waals surface area (Å²) in [4.78, 5) is 11.6. The summed E-state index contributed by atoms with van der Waals surface area (Å²) >= 11 is 3.49. The Balaban J connectivity index is 2.51. The van der Waals surface area contributed by atoms with Crippen LogP contribution < -0.4 is 4.74 Å². The first-order chi connectivity index (χ1) is 9.61. The van der Waals surface area contributed by atoms with E-state index in [1.807, 2.05) is 48.5 Å². The van der Waals surface area contributed by atoms with Crippen molar-refractivity contribution in [2.45, 2.75) is 19.3 Å². The molecule has 2 rings (SSSR count). The van der Waals surface area contributed by atoms with Crippen molar-refractivity contribution >= 4 is 21.7 Å². The molecule has 0 aliphatic carbocycles. The SMILES string of the molecule is COc1ccc(Br)cc1C(CC(C)=O)c1ccccc1. The third kappa shape index (κ3) is 3.48. The smallest absolute Gasteiger partial charge is 0.130 e. The van der Waals surface area contributed by atoms with Gasteiger partial charge in [0.1, 0.15) is 11.5 Å². The summed E-state index contributed by atoms with van der Waals surface area (Å²) in [6.07, 6.45) is 0.469. The van der Waals surface area contributed by atoms with Gasteiger partial charge in [0.15, 0.2) is 0 Å². The van der Waals surface area contributed by atoms with Crippen LogP contribution in [-0.4, -0.2) is 12.9 Å². The number of methoxy groups -OCH3 is 1. The highest BCUT2D eigenvalue weighted by molar-refractivity contribution is 9.10. The molecule has 2 aromatic rings. The molecule has 2 nitrogen and oxygen atoms in total. The molecule has 0 N–H and O–H groups in total. The molecule has 1 atom stereocenters. The average molecular weight is 333 g/mol. The fraction of sp³-hybridized carbons (Fsp3) is 0.235. The first kappa shape index (κ1) is 14.8. The van der Waals surface area contributed by atoms with Crippen LogP contribution in [0.15, 0.2) is 53.0 Å². The van der Waals surface area contributed by atoms with E-state index in [4.69, 9.17) is 4.74 Å². The van der Waals surface area contributed by atoms with Crippen molar-refractivity contribution < 1.29 is 9.53 Å². The molecule has 0 aliphatic rings. The molecule has 0 heterocycles. The van der Waals surface area contributed by atoms with Crippen LogP contribution in [0.5, 0.6) is 5.75 Å². The Kier molecular flexibility index (Phi) is 4.96. The highest BCUT2D eigenvalue weighted by atomic mass is 79.9. The Labute approximate surface area is 127 Å². The van der Waals surface area contributed by atoms with Crippen LogP contribution in [0.4, 0.5) is 0 Å². The van der Waals surface area contributed by atoms with E-state index in [9.17, 15) is 4.79 Å². The molecule has 0 saturated heterocycles. The fourth-order valence-corrected chi connectivity index (χ4v) is 2.74. The number of halogens is 1. The fourth-order valence-electron chi connectivity index (χ4n) is 2.36. The minimum absolute atomic E-state index is 0.0150. The molecule has 0 amide bonds. The number of ketones is 1. The molecule has 1 unspecified atom stereocenters. The van der Waals surface area contributed by atoms with E-state index >= 15 is 0 Å². The number of Topliss-reactive ketones (excluding diaryl/α,β-unsaturated/α-hetero) is 1. The molecule has 0 aromatic heterocycles. The van der Waals surface area contributed by atoms with E-state index in [2.05, 4.69) is 15.9 Å². The summed E-state index contributed by atoms with van der Waals surface area (Å²) in [5.74, 6) is 0.991. The Morgan fingerprint density at radius 1 is 1.20 bits per heavy atom. The van der Waals surface area contributed by atoms with E-state index in [0.717, 1.165) is 21.3 Å². The zero-order valence-electron chi connectivity index (χ0n) is 11.6. The van der Waals surface area contributed by atoms with Crippen molar-refractivity contribution in [3.63, 3.8) is 0 Å². The van der Waals surface area contributed by atoms with Crippen molar-refractivity contribution in [2.75, 3.05) is 7.11 Å². The number of carbonyl (C=O) groups is 1. The Morgan fingerprint density at radius 2 is 1.90 bits per heavy atom. The van der Waals surface area contributed by atoms with Gasteiger partial charge in [0.2, 0.25) is 0 Å². The number of carbonyl (C=O) groups excluding carboxylic acids is 1. The van der Waals surface area contributed by atoms with Gasteiger partial charge in [0, 0.05) is 22.4 Å². The second-order valence-corrected chi connectivity index (χ2v) is 5.67. The summed E-state index contributed by atoms with van der Waals surface area (Å²) in [6.45, 7) is 1.63. The molecule has 20 heavy (non-hydrogen) atoms. The van der Waals surface area contributed by atoms with Crippen molar-refractivity contribution in [3.05, 3.63) is 64.1 Å². The van der Waals surface area contributed by atoms with Crippen molar-refractivity contribution in [3.8, 4) is 5.75 Å². The van der Waals surface area contributed by atoms with Crippen LogP contribution >= 0.6 is 15.9 Å². The maximum atomic E-state index is 11.6. The van der Waals surface area contributed by atoms with Crippen molar-refractivity contribution in [1.82, 2.24) is 0 Å². The molecule has 0 bridgehead atoms. The average Bonchev–Trinajstić information content (AvgIpc) is 2.45. The normalized spacial score (nSPS) is 11.9. The molecular weight excluding hydrogens is 316 g/mol. The van der Waals surface area contributed by atoms with Gasteiger partial charge in [0.25, 0.3) is 0 Å². The molecule has 0 saturated carbocycles. The second kappa shape index (κ2) is 6.71. The third-order valence-corrected chi connectivity index (χ3v) is 3.75. The standard InChI is InChI=1S/C17H17BrO2/c1-12(19)10-15(13-6-4-3-5-7-13)16-11-14(18)8-9-17(16)20-2/h3-9,11,15H,10H2,1-2H3. The molecule has 104 valence electrons. The van der Waals surface area contributed by atoms with Crippen LogP contribution in [0.3, 0.4) is 0 Å². The molecule has 0 spiro atoms. The molecule has 3 heteroatoms. The molecule has 2 aromatic carbocycles. The number of hydrogen-bond acceptors (Lipinski definition) is 2. The lowest BCUT2D eigenvalue weighted by molar-refractivity contribution is -0.117. The van der Waals surface area contributed by atoms with Crippen LogP contribution in [0.25, 0.3) is 0 Å². The zero-order chi connectivity index (χ0) is 14.5. The highest BCUT2D eigenvalue weighted by Gasteiger charge is 2.20. The predicted octanol–water partition coefficient (Wildman–Crippen LogP) is 4.57. The van der Waals surface area contributed by atoms with Gasteiger partial charge >= 0.3 is 0 Å². The quantitative estimate of drug-likeness (QED) is 0.801. The largest absolute Gasteiger partial charge is 0.496 e. The van der Waals surface area contributed by atoms with Crippen molar-refractivity contribution in [2.24, 2.45) is 0 Å². The first-order valence-electron chi connectivity index (χ1n) is 6.49. The van der Waals surface area contributed by atoms with Gasteiger partial charge in [-0.3, -0.25) is 4.79 Å². The third-order valence-electron chi connectivity index (χ3n) is 3.26. The molecule has 0 fully saturated rings. The van der Waals surface area contributed by atoms with Gasteiger partial charge in [-0.1, -0.05) is 46.3 Å². The van der Waals surface area contributed by atoms with E-state index in [1.54, 1.807) is 14.0 Å². The lowest BCUT2D eigenvalue weighted by atomic mass is 9.87. The number of ether oxygens (including phenoxy) is 1. The lowest BCUT2D eigenvalue weighted by Crippen LogP contribution is -2.08. The minimum Gasteiger partial charge on any atom is -0.496 e. The van der Waals surface area contributed by atoms with Crippen LogP contribution in [-0.2, 0) is 4.79 Å². The van der Waals surface area contributed by atoms with E-state index in [-0.39, 0.29) is 11.7 Å². The predicted molar refractivity (Wildman–Crippen MR) is 84.3 cm³/mol. The summed E-state index contributed by atoms with van der Waals surface area (Å²) in [6, 6.07) is 16.0. The van der Waals surface area contributed by atoms with E-state index < -0.39 is 0 Å². The molecule has 0 radical (unpaired) electrons. The second-order valence-electron chi connectivity index (χ2n) is 4.76. The summed E-state index contributed by atoms with van der Waals surface area (Å²) in [5.41, 5.74) is 2.15. The van der Waals surface area contributed by atoms with Crippen LogP contribution in [0, 0.1) is 0 Å². The maximum Gasteiger partial charge on any atom is 0.130 e.